The van der Waals surface area contributed by atoms with Gasteiger partial charge in [-0.1, -0.05) is 39.8 Å². The summed E-state index contributed by atoms with van der Waals surface area (Å²) in [6.45, 7) is 3.60. The highest BCUT2D eigenvalue weighted by atomic mass is 79.9. The van der Waals surface area contributed by atoms with E-state index in [1.807, 2.05) is 36.4 Å². The monoisotopic (exact) mass is 432 g/mol. The Balaban J connectivity index is 2.07. The van der Waals surface area contributed by atoms with Crippen LogP contribution in [-0.2, 0) is 9.53 Å². The quantitative estimate of drug-likeness (QED) is 0.343. The average molecular weight is 433 g/mol. The molecule has 0 atom stereocenters. The number of hydrogen-bond acceptors (Lipinski definition) is 5. The third-order valence-corrected chi connectivity index (χ3v) is 4.96. The van der Waals surface area contributed by atoms with Crippen LogP contribution >= 0.6 is 27.7 Å². The van der Waals surface area contributed by atoms with E-state index in [9.17, 15) is 9.59 Å². The number of nitrogens with zero attached hydrogens (tertiary/aromatic N) is 2. The number of rotatable bonds is 5. The van der Waals surface area contributed by atoms with Gasteiger partial charge in [0.25, 0.3) is 5.56 Å². The molecule has 0 aliphatic carbocycles. The summed E-state index contributed by atoms with van der Waals surface area (Å²) in [6, 6.07) is 14.6. The maximum Gasteiger partial charge on any atom is 0.316 e. The zero-order valence-corrected chi connectivity index (χ0v) is 16.7. The Labute approximate surface area is 163 Å². The van der Waals surface area contributed by atoms with E-state index in [4.69, 9.17) is 4.74 Å². The first-order chi connectivity index (χ1) is 12.5. The van der Waals surface area contributed by atoms with Gasteiger partial charge in [-0.15, -0.1) is 0 Å². The number of thioether (sulfide) groups is 1. The van der Waals surface area contributed by atoms with Crippen molar-refractivity contribution in [2.45, 2.75) is 25.1 Å². The second-order valence-electron chi connectivity index (χ2n) is 5.86. The van der Waals surface area contributed by atoms with Gasteiger partial charge in [0, 0.05) is 4.47 Å². The molecule has 0 amide bonds. The Morgan fingerprint density at radius 1 is 1.19 bits per heavy atom. The van der Waals surface area contributed by atoms with Crippen LogP contribution in [0.25, 0.3) is 16.6 Å². The highest BCUT2D eigenvalue weighted by Crippen LogP contribution is 2.22. The van der Waals surface area contributed by atoms with Gasteiger partial charge in [-0.25, -0.2) is 4.98 Å². The zero-order valence-electron chi connectivity index (χ0n) is 14.3. The van der Waals surface area contributed by atoms with E-state index in [1.54, 1.807) is 26.0 Å². The number of halogens is 1. The number of benzene rings is 2. The van der Waals surface area contributed by atoms with Crippen molar-refractivity contribution < 1.29 is 9.53 Å². The lowest BCUT2D eigenvalue weighted by Gasteiger charge is -2.13. The second kappa shape index (κ2) is 8.05. The van der Waals surface area contributed by atoms with Gasteiger partial charge in [-0.3, -0.25) is 14.2 Å². The molecule has 134 valence electrons. The molecule has 0 aliphatic heterocycles. The summed E-state index contributed by atoms with van der Waals surface area (Å²) in [5.74, 6) is -0.255. The molecule has 2 aromatic carbocycles. The summed E-state index contributed by atoms with van der Waals surface area (Å²) in [4.78, 5) is 29.5. The van der Waals surface area contributed by atoms with Gasteiger partial charge in [-0.2, -0.15) is 0 Å². The first-order valence-corrected chi connectivity index (χ1v) is 9.83. The van der Waals surface area contributed by atoms with Crippen LogP contribution in [-0.4, -0.2) is 27.4 Å². The third-order valence-electron chi connectivity index (χ3n) is 3.52. The normalized spacial score (nSPS) is 11.1. The molecule has 0 bridgehead atoms. The Morgan fingerprint density at radius 2 is 1.88 bits per heavy atom. The maximum atomic E-state index is 13.0. The lowest BCUT2D eigenvalue weighted by molar-refractivity contribution is -0.144. The molecule has 3 rings (SSSR count). The number of carbonyl (C=O) groups excluding carboxylic acids is 1. The topological polar surface area (TPSA) is 61.2 Å². The molecule has 0 saturated carbocycles. The fourth-order valence-corrected chi connectivity index (χ4v) is 3.51. The highest BCUT2D eigenvalue weighted by molar-refractivity contribution is 9.10. The smallest absolute Gasteiger partial charge is 0.316 e. The van der Waals surface area contributed by atoms with Gasteiger partial charge in [0.15, 0.2) is 5.16 Å². The molecule has 5 nitrogen and oxygen atoms in total. The molecule has 26 heavy (non-hydrogen) atoms. The SMILES string of the molecule is CC(C)OC(=O)CSc1nc2ccccc2c(=O)n1-c1ccc(Br)cc1. The predicted octanol–water partition coefficient (Wildman–Crippen LogP) is 4.19. The van der Waals surface area contributed by atoms with Crippen molar-refractivity contribution in [2.24, 2.45) is 0 Å². The van der Waals surface area contributed by atoms with Crippen molar-refractivity contribution >= 4 is 44.6 Å². The van der Waals surface area contributed by atoms with Crippen LogP contribution in [0, 0.1) is 0 Å². The Kier molecular flexibility index (Phi) is 5.78. The van der Waals surface area contributed by atoms with Gasteiger partial charge < -0.3 is 4.74 Å². The van der Waals surface area contributed by atoms with Crippen LogP contribution in [0.4, 0.5) is 0 Å². The predicted molar refractivity (Wildman–Crippen MR) is 107 cm³/mol. The molecular weight excluding hydrogens is 416 g/mol. The van der Waals surface area contributed by atoms with Crippen LogP contribution in [0.1, 0.15) is 13.8 Å². The first kappa shape index (κ1) is 18.7. The van der Waals surface area contributed by atoms with Crippen molar-refractivity contribution in [1.29, 1.82) is 0 Å². The van der Waals surface area contributed by atoms with Crippen LogP contribution in [0.15, 0.2) is 63.0 Å². The fraction of sp³-hybridized carbons (Fsp3) is 0.211. The van der Waals surface area contributed by atoms with Gasteiger partial charge >= 0.3 is 5.97 Å². The number of ether oxygens (including phenoxy) is 1. The van der Waals surface area contributed by atoms with Crippen molar-refractivity contribution in [3.05, 3.63) is 63.4 Å². The molecule has 0 aliphatic rings. The minimum atomic E-state index is -0.338. The first-order valence-electron chi connectivity index (χ1n) is 8.05. The van der Waals surface area contributed by atoms with Gasteiger partial charge in [0.05, 0.1) is 28.4 Å². The van der Waals surface area contributed by atoms with E-state index in [0.29, 0.717) is 21.7 Å². The average Bonchev–Trinajstić information content (AvgIpc) is 2.61. The minimum Gasteiger partial charge on any atom is -0.462 e. The number of fused-ring (bicyclic) bond motifs is 1. The molecule has 0 N–H and O–H groups in total. The van der Waals surface area contributed by atoms with Crippen molar-refractivity contribution in [3.8, 4) is 5.69 Å². The molecule has 0 fully saturated rings. The number of esters is 1. The number of aromatic nitrogens is 2. The lowest BCUT2D eigenvalue weighted by Crippen LogP contribution is -2.22. The lowest BCUT2D eigenvalue weighted by atomic mass is 10.2. The molecule has 1 aromatic heterocycles. The summed E-state index contributed by atoms with van der Waals surface area (Å²) in [7, 11) is 0. The summed E-state index contributed by atoms with van der Waals surface area (Å²) in [6.07, 6.45) is -0.179. The summed E-state index contributed by atoms with van der Waals surface area (Å²) < 4.78 is 7.61. The Bertz CT molecular complexity index is 1000. The number of para-hydroxylation sites is 1. The van der Waals surface area contributed by atoms with Crippen LogP contribution < -0.4 is 5.56 Å². The van der Waals surface area contributed by atoms with E-state index in [0.717, 1.165) is 4.47 Å². The zero-order chi connectivity index (χ0) is 18.7. The second-order valence-corrected chi connectivity index (χ2v) is 7.71. The standard InChI is InChI=1S/C19H17BrN2O3S/c1-12(2)25-17(23)11-26-19-21-16-6-4-3-5-15(16)18(24)22(19)14-9-7-13(20)8-10-14/h3-10,12H,11H2,1-2H3. The van der Waals surface area contributed by atoms with E-state index < -0.39 is 0 Å². The fourth-order valence-electron chi connectivity index (χ4n) is 2.45. The summed E-state index contributed by atoms with van der Waals surface area (Å²) >= 11 is 4.59. The Hall–Kier alpha value is -2.12. The van der Waals surface area contributed by atoms with Crippen LogP contribution in [0.5, 0.6) is 0 Å². The van der Waals surface area contributed by atoms with Crippen LogP contribution in [0.3, 0.4) is 0 Å². The molecule has 1 heterocycles. The molecule has 3 aromatic rings. The van der Waals surface area contributed by atoms with E-state index in [2.05, 4.69) is 20.9 Å². The van der Waals surface area contributed by atoms with E-state index in [-0.39, 0.29) is 23.4 Å². The number of carbonyl (C=O) groups is 1. The van der Waals surface area contributed by atoms with Crippen LogP contribution in [0.2, 0.25) is 0 Å². The number of hydrogen-bond donors (Lipinski definition) is 0. The largest absolute Gasteiger partial charge is 0.462 e. The minimum absolute atomic E-state index is 0.0828. The van der Waals surface area contributed by atoms with E-state index >= 15 is 0 Å². The summed E-state index contributed by atoms with van der Waals surface area (Å²) in [5.41, 5.74) is 1.12. The van der Waals surface area contributed by atoms with Crippen molar-refractivity contribution in [1.82, 2.24) is 9.55 Å². The van der Waals surface area contributed by atoms with Crippen molar-refractivity contribution in [3.63, 3.8) is 0 Å². The summed E-state index contributed by atoms with van der Waals surface area (Å²) in [5, 5.41) is 0.987. The highest BCUT2D eigenvalue weighted by Gasteiger charge is 2.15. The molecule has 0 unspecified atom stereocenters. The van der Waals surface area contributed by atoms with E-state index in [1.165, 1.54) is 16.3 Å². The molecule has 0 spiro atoms. The molecule has 0 radical (unpaired) electrons. The molecule has 0 saturated heterocycles. The van der Waals surface area contributed by atoms with Gasteiger partial charge in [-0.05, 0) is 50.2 Å². The van der Waals surface area contributed by atoms with Crippen molar-refractivity contribution in [2.75, 3.05) is 5.75 Å². The molecule has 7 heteroatoms. The van der Waals surface area contributed by atoms with Gasteiger partial charge in [0.2, 0.25) is 0 Å². The third kappa shape index (κ3) is 4.16. The molecular formula is C19H17BrN2O3S. The Morgan fingerprint density at radius 3 is 2.58 bits per heavy atom. The van der Waals surface area contributed by atoms with Gasteiger partial charge in [0.1, 0.15) is 0 Å². The maximum absolute atomic E-state index is 13.0.